The van der Waals surface area contributed by atoms with E-state index in [0.717, 1.165) is 29.7 Å². The van der Waals surface area contributed by atoms with Crippen LogP contribution in [0.4, 0.5) is 0 Å². The van der Waals surface area contributed by atoms with E-state index < -0.39 is 0 Å². The molecule has 23 heavy (non-hydrogen) atoms. The maximum atomic E-state index is 10.8. The largest absolute Gasteiger partial charge is 0.505 e. The third kappa shape index (κ3) is 2.69. The first-order valence-corrected chi connectivity index (χ1v) is 8.55. The van der Waals surface area contributed by atoms with Gasteiger partial charge < -0.3 is 9.84 Å². The lowest BCUT2D eigenvalue weighted by atomic mass is 9.99. The van der Waals surface area contributed by atoms with Gasteiger partial charge in [-0.25, -0.2) is 4.98 Å². The molecule has 3 aromatic rings. The third-order valence-electron chi connectivity index (χ3n) is 4.22. The Morgan fingerprint density at radius 2 is 2.04 bits per heavy atom. The molecule has 0 saturated carbocycles. The van der Waals surface area contributed by atoms with Crippen molar-refractivity contribution in [1.82, 2.24) is 14.9 Å². The van der Waals surface area contributed by atoms with E-state index in [1.807, 2.05) is 35.2 Å². The second-order valence-electron chi connectivity index (χ2n) is 5.54. The molecular weight excluding hydrogens is 310 g/mol. The fourth-order valence-electron chi connectivity index (χ4n) is 3.10. The average molecular weight is 327 g/mol. The zero-order valence-electron chi connectivity index (χ0n) is 12.6. The summed E-state index contributed by atoms with van der Waals surface area (Å²) in [7, 11) is 0. The van der Waals surface area contributed by atoms with Crippen molar-refractivity contribution >= 4 is 22.2 Å². The molecule has 5 nitrogen and oxygen atoms in total. The first kappa shape index (κ1) is 14.6. The standard InChI is InChI=1S/C17H17N3O2S/c21-17-13(4-3-12-2-1-5-18-15(12)17)16(14-10-23-11-19-14)20-6-8-22-9-7-20/h1-5,10-11,16,21H,6-9H2. The van der Waals surface area contributed by atoms with E-state index >= 15 is 0 Å². The van der Waals surface area contributed by atoms with Crippen LogP contribution in [0.25, 0.3) is 10.9 Å². The summed E-state index contributed by atoms with van der Waals surface area (Å²) in [5, 5.41) is 13.8. The Morgan fingerprint density at radius 3 is 2.83 bits per heavy atom. The van der Waals surface area contributed by atoms with E-state index in [-0.39, 0.29) is 11.8 Å². The lowest BCUT2D eigenvalue weighted by Gasteiger charge is -2.34. The molecule has 0 aliphatic carbocycles. The number of fused-ring (bicyclic) bond motifs is 1. The summed E-state index contributed by atoms with van der Waals surface area (Å²) >= 11 is 1.57. The number of ether oxygens (including phenoxy) is 1. The molecule has 118 valence electrons. The van der Waals surface area contributed by atoms with Crippen molar-refractivity contribution < 1.29 is 9.84 Å². The minimum absolute atomic E-state index is 0.0726. The minimum atomic E-state index is -0.0726. The van der Waals surface area contributed by atoms with Gasteiger partial charge in [-0.15, -0.1) is 11.3 Å². The summed E-state index contributed by atoms with van der Waals surface area (Å²) in [6, 6.07) is 7.76. The molecule has 1 N–H and O–H groups in total. The molecule has 1 aromatic carbocycles. The summed E-state index contributed by atoms with van der Waals surface area (Å²) in [5.74, 6) is 0.243. The lowest BCUT2D eigenvalue weighted by Crippen LogP contribution is -2.39. The number of morpholine rings is 1. The van der Waals surface area contributed by atoms with Crippen molar-refractivity contribution in [2.75, 3.05) is 26.3 Å². The van der Waals surface area contributed by atoms with Crippen LogP contribution in [0.2, 0.25) is 0 Å². The molecule has 0 bridgehead atoms. The van der Waals surface area contributed by atoms with Gasteiger partial charge in [0.15, 0.2) is 0 Å². The minimum Gasteiger partial charge on any atom is -0.505 e. The van der Waals surface area contributed by atoms with Crippen molar-refractivity contribution in [1.29, 1.82) is 0 Å². The number of thiazole rings is 1. The van der Waals surface area contributed by atoms with Crippen LogP contribution in [0.1, 0.15) is 17.3 Å². The topological polar surface area (TPSA) is 58.5 Å². The van der Waals surface area contributed by atoms with Gasteiger partial charge in [-0.05, 0) is 6.07 Å². The van der Waals surface area contributed by atoms with Crippen molar-refractivity contribution in [3.05, 3.63) is 52.6 Å². The quantitative estimate of drug-likeness (QED) is 0.801. The molecule has 1 atom stereocenters. The SMILES string of the molecule is Oc1c(C(c2cscn2)N2CCOCC2)ccc2cccnc12. The maximum Gasteiger partial charge on any atom is 0.146 e. The number of hydrogen-bond donors (Lipinski definition) is 1. The summed E-state index contributed by atoms with van der Waals surface area (Å²) in [6.45, 7) is 3.05. The van der Waals surface area contributed by atoms with Gasteiger partial charge in [0.25, 0.3) is 0 Å². The molecule has 1 aliphatic rings. The molecule has 0 radical (unpaired) electrons. The molecule has 1 unspecified atom stereocenters. The predicted molar refractivity (Wildman–Crippen MR) is 89.8 cm³/mol. The van der Waals surface area contributed by atoms with Gasteiger partial charge >= 0.3 is 0 Å². The Labute approximate surface area is 138 Å². The number of pyridine rings is 1. The highest BCUT2D eigenvalue weighted by Gasteiger charge is 2.28. The Morgan fingerprint density at radius 1 is 1.17 bits per heavy atom. The molecular formula is C17H17N3O2S. The summed E-state index contributed by atoms with van der Waals surface area (Å²) in [5.41, 5.74) is 4.28. The number of benzene rings is 1. The highest BCUT2D eigenvalue weighted by atomic mass is 32.1. The molecule has 4 rings (SSSR count). The van der Waals surface area contributed by atoms with Crippen LogP contribution in [0.15, 0.2) is 41.4 Å². The number of phenolic OH excluding ortho intramolecular Hbond substituents is 1. The van der Waals surface area contributed by atoms with Crippen molar-refractivity contribution in [2.24, 2.45) is 0 Å². The van der Waals surface area contributed by atoms with Crippen LogP contribution in [0.5, 0.6) is 5.75 Å². The van der Waals surface area contributed by atoms with E-state index in [2.05, 4.69) is 14.9 Å². The van der Waals surface area contributed by atoms with Crippen LogP contribution >= 0.6 is 11.3 Å². The molecule has 3 heterocycles. The number of aromatic hydroxyl groups is 1. The van der Waals surface area contributed by atoms with Crippen LogP contribution in [-0.2, 0) is 4.74 Å². The molecule has 2 aromatic heterocycles. The van der Waals surface area contributed by atoms with Crippen molar-refractivity contribution in [2.45, 2.75) is 6.04 Å². The Hall–Kier alpha value is -2.02. The van der Waals surface area contributed by atoms with Crippen LogP contribution < -0.4 is 0 Å². The Kier molecular flexibility index (Phi) is 3.95. The predicted octanol–water partition coefficient (Wildman–Crippen LogP) is 2.82. The van der Waals surface area contributed by atoms with Crippen molar-refractivity contribution in [3.63, 3.8) is 0 Å². The van der Waals surface area contributed by atoms with E-state index in [0.29, 0.717) is 18.7 Å². The normalized spacial score (nSPS) is 17.4. The van der Waals surface area contributed by atoms with E-state index in [9.17, 15) is 5.11 Å². The smallest absolute Gasteiger partial charge is 0.146 e. The number of nitrogens with zero attached hydrogens (tertiary/aromatic N) is 3. The second kappa shape index (κ2) is 6.23. The van der Waals surface area contributed by atoms with Crippen LogP contribution in [0.3, 0.4) is 0 Å². The molecule has 0 spiro atoms. The number of aromatic nitrogens is 2. The van der Waals surface area contributed by atoms with Gasteiger partial charge in [0.05, 0.1) is 30.5 Å². The van der Waals surface area contributed by atoms with E-state index in [1.54, 1.807) is 17.5 Å². The fraction of sp³-hybridized carbons (Fsp3) is 0.294. The van der Waals surface area contributed by atoms with Gasteiger partial charge in [-0.3, -0.25) is 9.88 Å². The molecule has 1 saturated heterocycles. The summed E-state index contributed by atoms with van der Waals surface area (Å²) < 4.78 is 5.47. The van der Waals surface area contributed by atoms with Gasteiger partial charge in [0, 0.05) is 35.6 Å². The van der Waals surface area contributed by atoms with Crippen LogP contribution in [-0.4, -0.2) is 46.3 Å². The van der Waals surface area contributed by atoms with E-state index in [1.165, 1.54) is 0 Å². The summed E-state index contributed by atoms with van der Waals surface area (Å²) in [4.78, 5) is 11.1. The molecule has 0 amide bonds. The Bertz CT molecular complexity index is 801. The zero-order chi connectivity index (χ0) is 15.6. The van der Waals surface area contributed by atoms with Gasteiger partial charge in [-0.2, -0.15) is 0 Å². The molecule has 6 heteroatoms. The highest BCUT2D eigenvalue weighted by molar-refractivity contribution is 7.07. The van der Waals surface area contributed by atoms with Gasteiger partial charge in [0.1, 0.15) is 11.3 Å². The lowest BCUT2D eigenvalue weighted by molar-refractivity contribution is 0.0230. The van der Waals surface area contributed by atoms with E-state index in [4.69, 9.17) is 4.74 Å². The zero-order valence-corrected chi connectivity index (χ0v) is 13.4. The number of hydrogen-bond acceptors (Lipinski definition) is 6. The molecule has 1 aliphatic heterocycles. The highest BCUT2D eigenvalue weighted by Crippen LogP contribution is 2.37. The summed E-state index contributed by atoms with van der Waals surface area (Å²) in [6.07, 6.45) is 1.71. The first-order chi connectivity index (χ1) is 11.3. The fourth-order valence-corrected chi connectivity index (χ4v) is 3.67. The molecule has 1 fully saturated rings. The van der Waals surface area contributed by atoms with Gasteiger partial charge in [0.2, 0.25) is 0 Å². The van der Waals surface area contributed by atoms with Crippen LogP contribution in [0, 0.1) is 0 Å². The average Bonchev–Trinajstić information content (AvgIpc) is 3.13. The second-order valence-corrected chi connectivity index (χ2v) is 6.26. The monoisotopic (exact) mass is 327 g/mol. The number of phenols is 1. The third-order valence-corrected chi connectivity index (χ3v) is 4.82. The maximum absolute atomic E-state index is 10.8. The Balaban J connectivity index is 1.84. The van der Waals surface area contributed by atoms with Crippen molar-refractivity contribution in [3.8, 4) is 5.75 Å². The van der Waals surface area contributed by atoms with Gasteiger partial charge in [-0.1, -0.05) is 18.2 Å². The first-order valence-electron chi connectivity index (χ1n) is 7.61. The number of rotatable bonds is 3.